The molecule has 0 aromatic rings. The molecule has 0 aliphatic rings. The molecule has 89 heavy (non-hydrogen) atoms. The number of unbranched alkanes of at least 4 members (excludes halogenated alkanes) is 33. The highest BCUT2D eigenvalue weighted by Crippen LogP contribution is 2.45. The molecule has 0 radical (unpaired) electrons. The van der Waals surface area contributed by atoms with Gasteiger partial charge in [0.1, 0.15) is 19.3 Å². The van der Waals surface area contributed by atoms with Gasteiger partial charge in [-0.3, -0.25) is 37.3 Å². The van der Waals surface area contributed by atoms with Crippen molar-refractivity contribution in [3.05, 3.63) is 0 Å². The van der Waals surface area contributed by atoms with Gasteiger partial charge in [-0.25, -0.2) is 9.13 Å². The molecule has 0 aromatic heterocycles. The van der Waals surface area contributed by atoms with Crippen LogP contribution < -0.4 is 0 Å². The van der Waals surface area contributed by atoms with Gasteiger partial charge in [-0.2, -0.15) is 0 Å². The Hall–Kier alpha value is -1.94. The summed E-state index contributed by atoms with van der Waals surface area (Å²) in [6.07, 6.45) is 41.8. The monoisotopic (exact) mass is 1310 g/mol. The fourth-order valence-corrected chi connectivity index (χ4v) is 12.1. The molecule has 0 fully saturated rings. The Kier molecular flexibility index (Phi) is 58.5. The van der Waals surface area contributed by atoms with Crippen LogP contribution in [0, 0.1) is 23.7 Å². The summed E-state index contributed by atoms with van der Waals surface area (Å²) in [7, 11) is -9.90. The SMILES string of the molecule is CC(C)CCCCCCCCCCCCCCC(=O)O[C@H](COC(=O)CCCCCCCCCCCCC(C)C)COP(=O)(O)OC[C@@H](O)COP(=O)(O)OC[C@@H](COC(=O)CCCCCCCCC(C)C)OC(=O)CCCCCCCCCCCC(C)C. The lowest BCUT2D eigenvalue weighted by Gasteiger charge is -2.21. The molecule has 5 atom stereocenters. The molecule has 2 unspecified atom stereocenters. The second-order valence-electron chi connectivity index (χ2n) is 27.2. The summed E-state index contributed by atoms with van der Waals surface area (Å²) < 4.78 is 68.3. The maximum atomic E-state index is 13.0. The third kappa shape index (κ3) is 64.6. The lowest BCUT2D eigenvalue weighted by molar-refractivity contribution is -0.161. The van der Waals surface area contributed by atoms with Gasteiger partial charge in [-0.05, 0) is 49.4 Å². The van der Waals surface area contributed by atoms with Crippen LogP contribution in [0.4, 0.5) is 0 Å². The zero-order valence-corrected chi connectivity index (χ0v) is 59.8. The Morgan fingerprint density at radius 2 is 0.472 bits per heavy atom. The number of phosphoric ester groups is 2. The van der Waals surface area contributed by atoms with Gasteiger partial charge in [-0.1, -0.05) is 293 Å². The van der Waals surface area contributed by atoms with E-state index in [1.54, 1.807) is 0 Å². The first kappa shape index (κ1) is 87.1. The summed E-state index contributed by atoms with van der Waals surface area (Å²) in [6.45, 7) is 14.0. The number of hydrogen-bond donors (Lipinski definition) is 3. The minimum Gasteiger partial charge on any atom is -0.462 e. The molecule has 0 amide bonds. The number of hydrogen-bond acceptors (Lipinski definition) is 15. The molecule has 0 saturated heterocycles. The van der Waals surface area contributed by atoms with Crippen LogP contribution in [0.1, 0.15) is 344 Å². The molecule has 0 saturated carbocycles. The van der Waals surface area contributed by atoms with Gasteiger partial charge in [0.25, 0.3) is 0 Å². The van der Waals surface area contributed by atoms with Crippen molar-refractivity contribution in [2.24, 2.45) is 23.7 Å². The number of esters is 4. The van der Waals surface area contributed by atoms with Crippen molar-refractivity contribution in [2.75, 3.05) is 39.6 Å². The molecule has 0 bridgehead atoms. The van der Waals surface area contributed by atoms with Crippen LogP contribution in [-0.4, -0.2) is 96.7 Å². The topological polar surface area (TPSA) is 237 Å². The fourth-order valence-electron chi connectivity index (χ4n) is 10.5. The predicted molar refractivity (Wildman–Crippen MR) is 358 cm³/mol. The van der Waals surface area contributed by atoms with E-state index in [4.69, 9.17) is 37.0 Å². The summed E-state index contributed by atoms with van der Waals surface area (Å²) in [5.74, 6) is 0.820. The Balaban J connectivity index is 5.25. The fraction of sp³-hybridized carbons (Fsp3) is 0.943. The number of carbonyl (C=O) groups excluding carboxylic acids is 4. The number of ether oxygens (including phenoxy) is 4. The van der Waals surface area contributed by atoms with Gasteiger partial charge in [0.2, 0.25) is 0 Å². The van der Waals surface area contributed by atoms with Crippen LogP contribution in [0.2, 0.25) is 0 Å². The normalized spacial score (nSPS) is 14.3. The number of phosphoric acid groups is 2. The highest BCUT2D eigenvalue weighted by molar-refractivity contribution is 7.47. The van der Waals surface area contributed by atoms with E-state index in [0.717, 1.165) is 114 Å². The summed E-state index contributed by atoms with van der Waals surface area (Å²) in [5, 5.41) is 10.6. The first-order chi connectivity index (χ1) is 42.6. The van der Waals surface area contributed by atoms with E-state index in [1.165, 1.54) is 141 Å². The third-order valence-electron chi connectivity index (χ3n) is 16.1. The van der Waals surface area contributed by atoms with Crippen LogP contribution in [0.5, 0.6) is 0 Å². The first-order valence-corrected chi connectivity index (χ1v) is 39.2. The van der Waals surface area contributed by atoms with E-state index in [0.29, 0.717) is 31.6 Å². The molecular formula is C70H136O17P2. The van der Waals surface area contributed by atoms with Crippen molar-refractivity contribution < 1.29 is 80.2 Å². The summed E-state index contributed by atoms with van der Waals surface area (Å²) in [4.78, 5) is 72.5. The Bertz CT molecular complexity index is 1760. The first-order valence-electron chi connectivity index (χ1n) is 36.2. The largest absolute Gasteiger partial charge is 0.472 e. The van der Waals surface area contributed by atoms with Gasteiger partial charge in [-0.15, -0.1) is 0 Å². The second-order valence-corrected chi connectivity index (χ2v) is 30.1. The molecule has 19 heteroatoms. The van der Waals surface area contributed by atoms with E-state index in [2.05, 4.69) is 55.4 Å². The van der Waals surface area contributed by atoms with Crippen LogP contribution in [0.3, 0.4) is 0 Å². The quantitative estimate of drug-likeness (QED) is 0.0222. The molecular weight excluding hydrogens is 1170 g/mol. The average molecular weight is 1310 g/mol. The van der Waals surface area contributed by atoms with E-state index in [9.17, 15) is 43.2 Å². The average Bonchev–Trinajstić information content (AvgIpc) is 3.65. The van der Waals surface area contributed by atoms with Crippen molar-refractivity contribution >= 4 is 39.5 Å². The van der Waals surface area contributed by atoms with E-state index in [1.807, 2.05) is 0 Å². The van der Waals surface area contributed by atoms with Crippen molar-refractivity contribution in [1.82, 2.24) is 0 Å². The zero-order chi connectivity index (χ0) is 66.1. The van der Waals surface area contributed by atoms with Gasteiger partial charge in [0, 0.05) is 25.7 Å². The standard InChI is InChI=1S/C70H136O17P2/c1-60(2)46-38-30-22-16-11-9-10-12-20-26-36-44-52-69(74)86-65(56-80-67(72)50-42-34-25-19-14-13-17-23-31-39-47-61(3)4)58-84-88(76,77)82-54-64(71)55-83-89(78,79)85-59-66(57-81-68(73)51-43-35-29-28-33-41-49-63(7)8)87-70(75)53-45-37-27-21-15-18-24-32-40-48-62(5)6/h60-66,71H,9-59H2,1-8H3,(H,76,77)(H,78,79)/t64-,65-,66-/m1/s1. The van der Waals surface area contributed by atoms with Gasteiger partial charge in [0.15, 0.2) is 12.2 Å². The third-order valence-corrected chi connectivity index (χ3v) is 18.0. The highest BCUT2D eigenvalue weighted by Gasteiger charge is 2.30. The summed E-state index contributed by atoms with van der Waals surface area (Å²) in [6, 6.07) is 0. The minimum atomic E-state index is -4.95. The van der Waals surface area contributed by atoms with Crippen LogP contribution in [0.15, 0.2) is 0 Å². The number of aliphatic hydroxyl groups excluding tert-OH is 1. The smallest absolute Gasteiger partial charge is 0.462 e. The Labute approximate surface area is 543 Å². The van der Waals surface area contributed by atoms with Crippen LogP contribution in [-0.2, 0) is 65.4 Å². The molecule has 0 heterocycles. The maximum Gasteiger partial charge on any atom is 0.472 e. The van der Waals surface area contributed by atoms with Crippen molar-refractivity contribution in [3.8, 4) is 0 Å². The van der Waals surface area contributed by atoms with E-state index < -0.39 is 97.5 Å². The highest BCUT2D eigenvalue weighted by atomic mass is 31.2. The molecule has 0 rings (SSSR count). The summed E-state index contributed by atoms with van der Waals surface area (Å²) >= 11 is 0. The van der Waals surface area contributed by atoms with Gasteiger partial charge >= 0.3 is 39.5 Å². The molecule has 528 valence electrons. The number of aliphatic hydroxyl groups is 1. The van der Waals surface area contributed by atoms with Crippen molar-refractivity contribution in [1.29, 1.82) is 0 Å². The molecule has 0 aliphatic heterocycles. The maximum absolute atomic E-state index is 13.0. The zero-order valence-electron chi connectivity index (χ0n) is 58.1. The molecule has 3 N–H and O–H groups in total. The molecule has 0 aliphatic carbocycles. The van der Waals surface area contributed by atoms with Crippen molar-refractivity contribution in [3.63, 3.8) is 0 Å². The molecule has 17 nitrogen and oxygen atoms in total. The molecule has 0 aromatic carbocycles. The minimum absolute atomic E-state index is 0.104. The van der Waals surface area contributed by atoms with E-state index in [-0.39, 0.29) is 25.7 Å². The Morgan fingerprint density at radius 1 is 0.281 bits per heavy atom. The summed E-state index contributed by atoms with van der Waals surface area (Å²) in [5.41, 5.74) is 0. The van der Waals surface area contributed by atoms with E-state index >= 15 is 0 Å². The van der Waals surface area contributed by atoms with Gasteiger partial charge < -0.3 is 33.8 Å². The number of carbonyl (C=O) groups is 4. The molecule has 0 spiro atoms. The second kappa shape index (κ2) is 59.8. The number of rotatable bonds is 67. The van der Waals surface area contributed by atoms with Gasteiger partial charge in [0.05, 0.1) is 26.4 Å². The van der Waals surface area contributed by atoms with Crippen LogP contribution >= 0.6 is 15.6 Å². The lowest BCUT2D eigenvalue weighted by atomic mass is 10.0. The Morgan fingerprint density at radius 3 is 0.697 bits per heavy atom. The van der Waals surface area contributed by atoms with Crippen molar-refractivity contribution in [2.45, 2.75) is 363 Å². The lowest BCUT2D eigenvalue weighted by Crippen LogP contribution is -2.30. The predicted octanol–water partition coefficient (Wildman–Crippen LogP) is 19.7. The van der Waals surface area contributed by atoms with Crippen LogP contribution in [0.25, 0.3) is 0 Å².